The van der Waals surface area contributed by atoms with Gasteiger partial charge in [-0.1, -0.05) is 42.5 Å². The second-order valence-electron chi connectivity index (χ2n) is 7.77. The first-order chi connectivity index (χ1) is 14.6. The van der Waals surface area contributed by atoms with Crippen molar-refractivity contribution >= 4 is 16.9 Å². The fourth-order valence-corrected chi connectivity index (χ4v) is 3.71. The molecule has 3 aromatic carbocycles. The normalized spacial score (nSPS) is 12.2. The molecule has 4 rings (SSSR count). The van der Waals surface area contributed by atoms with Gasteiger partial charge in [-0.05, 0) is 62.5 Å². The van der Waals surface area contributed by atoms with Gasteiger partial charge < -0.3 is 10.2 Å². The molecule has 0 saturated heterocycles. The monoisotopic (exact) mass is 398 g/mol. The zero-order valence-corrected chi connectivity index (χ0v) is 17.3. The molecule has 0 saturated carbocycles. The van der Waals surface area contributed by atoms with Crippen LogP contribution in [-0.4, -0.2) is 47.0 Å². The fraction of sp³-hybridized carbons (Fsp3) is 0.200. The predicted octanol–water partition coefficient (Wildman–Crippen LogP) is 3.93. The van der Waals surface area contributed by atoms with Crippen LogP contribution in [0.4, 0.5) is 0 Å². The lowest BCUT2D eigenvalue weighted by molar-refractivity contribution is 0.0930. The number of carbonyl (C=O) groups excluding carboxylic acids is 1. The van der Waals surface area contributed by atoms with Crippen LogP contribution >= 0.6 is 0 Å². The number of amides is 1. The number of carbonyl (C=O) groups is 1. The third kappa shape index (κ3) is 4.58. The van der Waals surface area contributed by atoms with E-state index < -0.39 is 0 Å². The van der Waals surface area contributed by atoms with Gasteiger partial charge in [0.05, 0.1) is 11.0 Å². The topological polar surface area (TPSA) is 50.2 Å². The smallest absolute Gasteiger partial charge is 0.251 e. The summed E-state index contributed by atoms with van der Waals surface area (Å²) >= 11 is 0. The van der Waals surface area contributed by atoms with E-state index in [9.17, 15) is 4.79 Å². The van der Waals surface area contributed by atoms with E-state index in [1.54, 1.807) is 0 Å². The quantitative estimate of drug-likeness (QED) is 0.513. The van der Waals surface area contributed by atoms with Crippen molar-refractivity contribution < 1.29 is 4.79 Å². The number of nitrogens with zero attached hydrogens (tertiary/aromatic N) is 3. The van der Waals surface area contributed by atoms with E-state index in [-0.39, 0.29) is 11.9 Å². The highest BCUT2D eigenvalue weighted by Crippen LogP contribution is 2.18. The van der Waals surface area contributed by atoms with Crippen molar-refractivity contribution in [2.24, 2.45) is 0 Å². The molecule has 0 aliphatic heterocycles. The summed E-state index contributed by atoms with van der Waals surface area (Å²) in [5.41, 5.74) is 4.84. The van der Waals surface area contributed by atoms with Crippen molar-refractivity contribution in [1.82, 2.24) is 19.8 Å². The maximum Gasteiger partial charge on any atom is 0.251 e. The lowest BCUT2D eigenvalue weighted by Gasteiger charge is -2.22. The number of benzene rings is 3. The Kier molecular flexibility index (Phi) is 5.91. The van der Waals surface area contributed by atoms with Gasteiger partial charge in [-0.25, -0.2) is 4.98 Å². The zero-order valence-electron chi connectivity index (χ0n) is 17.3. The Labute approximate surface area is 177 Å². The van der Waals surface area contributed by atoms with Crippen molar-refractivity contribution in [3.05, 3.63) is 96.3 Å². The van der Waals surface area contributed by atoms with Gasteiger partial charge >= 0.3 is 0 Å². The summed E-state index contributed by atoms with van der Waals surface area (Å²) in [7, 11) is 4.04. The number of fused-ring (bicyclic) bond motifs is 1. The summed E-state index contributed by atoms with van der Waals surface area (Å²) in [5, 5.41) is 3.20. The van der Waals surface area contributed by atoms with Crippen molar-refractivity contribution in [3.63, 3.8) is 0 Å². The number of hydrogen-bond acceptors (Lipinski definition) is 3. The molecule has 1 N–H and O–H groups in total. The third-order valence-corrected chi connectivity index (χ3v) is 5.11. The minimum absolute atomic E-state index is 0.0344. The van der Waals surface area contributed by atoms with Gasteiger partial charge in [0.15, 0.2) is 0 Å². The van der Waals surface area contributed by atoms with E-state index in [1.807, 2.05) is 91.7 Å². The first-order valence-corrected chi connectivity index (χ1v) is 10.1. The van der Waals surface area contributed by atoms with E-state index in [4.69, 9.17) is 0 Å². The summed E-state index contributed by atoms with van der Waals surface area (Å²) < 4.78 is 2.03. The Morgan fingerprint density at radius 2 is 1.67 bits per heavy atom. The van der Waals surface area contributed by atoms with Gasteiger partial charge in [-0.3, -0.25) is 9.36 Å². The molecule has 5 nitrogen and oxygen atoms in total. The van der Waals surface area contributed by atoms with Crippen molar-refractivity contribution in [1.29, 1.82) is 0 Å². The highest BCUT2D eigenvalue weighted by Gasteiger charge is 2.16. The average molecular weight is 399 g/mol. The second-order valence-corrected chi connectivity index (χ2v) is 7.77. The summed E-state index contributed by atoms with van der Waals surface area (Å²) in [6, 6.07) is 26.0. The molecule has 4 aromatic rings. The average Bonchev–Trinajstić information content (AvgIpc) is 3.18. The molecule has 0 spiro atoms. The first-order valence-electron chi connectivity index (χ1n) is 10.1. The lowest BCUT2D eigenvalue weighted by Crippen LogP contribution is -2.43. The number of imidazole rings is 1. The summed E-state index contributed by atoms with van der Waals surface area (Å²) in [6.45, 7) is 0.778. The largest absolute Gasteiger partial charge is 0.348 e. The van der Waals surface area contributed by atoms with Gasteiger partial charge in [0, 0.05) is 23.8 Å². The van der Waals surface area contributed by atoms with Gasteiger partial charge in [-0.15, -0.1) is 0 Å². The molecule has 30 heavy (non-hydrogen) atoms. The Hall–Kier alpha value is -3.44. The SMILES string of the molecule is CN(C)CC(Cc1ccccc1)NC(=O)c1ccc(-n2cnc3ccccc32)cc1. The van der Waals surface area contributed by atoms with Crippen molar-refractivity contribution in [2.45, 2.75) is 12.5 Å². The Morgan fingerprint density at radius 1 is 0.967 bits per heavy atom. The maximum atomic E-state index is 12.9. The molecular formula is C25H26N4O. The number of hydrogen-bond donors (Lipinski definition) is 1. The van der Waals surface area contributed by atoms with Crippen LogP contribution in [-0.2, 0) is 6.42 Å². The number of rotatable bonds is 7. The molecule has 5 heteroatoms. The van der Waals surface area contributed by atoms with E-state index in [1.165, 1.54) is 5.56 Å². The van der Waals surface area contributed by atoms with Crippen LogP contribution in [0.5, 0.6) is 0 Å². The molecule has 1 atom stereocenters. The minimum atomic E-state index is -0.0557. The van der Waals surface area contributed by atoms with Crippen molar-refractivity contribution in [2.75, 3.05) is 20.6 Å². The van der Waals surface area contributed by atoms with Gasteiger partial charge in [0.25, 0.3) is 5.91 Å². The van der Waals surface area contributed by atoms with Crippen LogP contribution in [0.3, 0.4) is 0 Å². The van der Waals surface area contributed by atoms with Gasteiger partial charge in [-0.2, -0.15) is 0 Å². The second kappa shape index (κ2) is 8.93. The molecule has 0 aliphatic carbocycles. The molecule has 1 unspecified atom stereocenters. The Morgan fingerprint density at radius 3 is 2.40 bits per heavy atom. The van der Waals surface area contributed by atoms with Crippen LogP contribution in [0.1, 0.15) is 15.9 Å². The van der Waals surface area contributed by atoms with Crippen LogP contribution in [0.25, 0.3) is 16.7 Å². The van der Waals surface area contributed by atoms with Crippen LogP contribution in [0, 0.1) is 0 Å². The number of aromatic nitrogens is 2. The van der Waals surface area contributed by atoms with Crippen LogP contribution in [0.2, 0.25) is 0 Å². The maximum absolute atomic E-state index is 12.9. The van der Waals surface area contributed by atoms with E-state index in [2.05, 4.69) is 27.3 Å². The summed E-state index contributed by atoms with van der Waals surface area (Å²) in [4.78, 5) is 19.4. The summed E-state index contributed by atoms with van der Waals surface area (Å²) in [5.74, 6) is -0.0557. The molecular weight excluding hydrogens is 372 g/mol. The van der Waals surface area contributed by atoms with E-state index in [0.717, 1.165) is 29.7 Å². The van der Waals surface area contributed by atoms with Crippen LogP contribution in [0.15, 0.2) is 85.2 Å². The number of likely N-dealkylation sites (N-methyl/N-ethyl adjacent to an activating group) is 1. The molecule has 0 aliphatic rings. The molecule has 152 valence electrons. The summed E-state index contributed by atoms with van der Waals surface area (Å²) in [6.07, 6.45) is 2.61. The molecule has 0 radical (unpaired) electrons. The standard InChI is InChI=1S/C25H26N4O/c1-28(2)17-21(16-19-8-4-3-5-9-19)27-25(30)20-12-14-22(15-13-20)29-18-26-23-10-6-7-11-24(23)29/h3-15,18,21H,16-17H2,1-2H3,(H,27,30). The Balaban J connectivity index is 1.49. The first kappa shape index (κ1) is 19.9. The van der Waals surface area contributed by atoms with Crippen LogP contribution < -0.4 is 5.32 Å². The number of para-hydroxylation sites is 2. The molecule has 0 bridgehead atoms. The highest BCUT2D eigenvalue weighted by molar-refractivity contribution is 5.94. The fourth-order valence-electron chi connectivity index (χ4n) is 3.71. The highest BCUT2D eigenvalue weighted by atomic mass is 16.1. The van der Waals surface area contributed by atoms with E-state index >= 15 is 0 Å². The minimum Gasteiger partial charge on any atom is -0.348 e. The van der Waals surface area contributed by atoms with E-state index in [0.29, 0.717) is 5.56 Å². The molecule has 1 amide bonds. The zero-order chi connectivity index (χ0) is 20.9. The van der Waals surface area contributed by atoms with Gasteiger partial charge in [0.2, 0.25) is 0 Å². The lowest BCUT2D eigenvalue weighted by atomic mass is 10.0. The number of nitrogens with one attached hydrogen (secondary N) is 1. The Bertz CT molecular complexity index is 1120. The van der Waals surface area contributed by atoms with Crippen molar-refractivity contribution in [3.8, 4) is 5.69 Å². The molecule has 1 heterocycles. The molecule has 1 aromatic heterocycles. The van der Waals surface area contributed by atoms with Gasteiger partial charge in [0.1, 0.15) is 6.33 Å². The predicted molar refractivity (Wildman–Crippen MR) is 121 cm³/mol. The third-order valence-electron chi connectivity index (χ3n) is 5.11. The molecule has 0 fully saturated rings.